The van der Waals surface area contributed by atoms with E-state index in [-0.39, 0.29) is 29.4 Å². The zero-order chi connectivity index (χ0) is 23.0. The fourth-order valence-corrected chi connectivity index (χ4v) is 4.35. The Morgan fingerprint density at radius 1 is 1.09 bits per heavy atom. The van der Waals surface area contributed by atoms with E-state index in [1.54, 1.807) is 6.07 Å². The number of hydrogen-bond donors (Lipinski definition) is 0. The van der Waals surface area contributed by atoms with Crippen molar-refractivity contribution in [1.82, 2.24) is 4.31 Å². The van der Waals surface area contributed by atoms with E-state index < -0.39 is 20.9 Å². The second-order valence-electron chi connectivity index (χ2n) is 6.65. The summed E-state index contributed by atoms with van der Waals surface area (Å²) in [6.07, 6.45) is 2.42. The largest absolute Gasteiger partial charge is 0.490 e. The van der Waals surface area contributed by atoms with Crippen LogP contribution in [0.1, 0.15) is 5.56 Å². The van der Waals surface area contributed by atoms with Crippen molar-refractivity contribution in [1.29, 1.82) is 0 Å². The number of nitro benzene ring substituents is 1. The Labute approximate surface area is 185 Å². The van der Waals surface area contributed by atoms with Gasteiger partial charge in [0, 0.05) is 25.2 Å². The summed E-state index contributed by atoms with van der Waals surface area (Å²) in [4.78, 5) is 22.4. The van der Waals surface area contributed by atoms with Crippen LogP contribution in [0.5, 0.6) is 5.75 Å². The molecule has 0 amide bonds. The molecule has 32 heavy (non-hydrogen) atoms. The first-order valence-electron chi connectivity index (χ1n) is 9.77. The van der Waals surface area contributed by atoms with Gasteiger partial charge in [0.15, 0.2) is 0 Å². The molecule has 0 radical (unpaired) electrons. The second-order valence-corrected chi connectivity index (χ2v) is 8.59. The van der Waals surface area contributed by atoms with Crippen molar-refractivity contribution in [3.8, 4) is 5.75 Å². The molecule has 0 spiro atoms. The molecular formula is C21H22N2O8S. The first-order valence-corrected chi connectivity index (χ1v) is 11.2. The second kappa shape index (κ2) is 10.8. The topological polar surface area (TPSA) is 125 Å². The van der Waals surface area contributed by atoms with Crippen LogP contribution >= 0.6 is 0 Å². The number of esters is 1. The zero-order valence-electron chi connectivity index (χ0n) is 17.1. The predicted molar refractivity (Wildman–Crippen MR) is 115 cm³/mol. The van der Waals surface area contributed by atoms with E-state index in [0.29, 0.717) is 32.1 Å². The normalized spacial score (nSPS) is 14.9. The summed E-state index contributed by atoms with van der Waals surface area (Å²) in [5.74, 6) is -0.240. The number of rotatable bonds is 9. The number of nitrogens with zero attached hydrogens (tertiary/aromatic N) is 2. The average molecular weight is 462 g/mol. The highest BCUT2D eigenvalue weighted by Gasteiger charge is 2.26. The number of nitro groups is 1. The Hall–Kier alpha value is -3.28. The van der Waals surface area contributed by atoms with Crippen LogP contribution in [0.25, 0.3) is 6.08 Å². The molecule has 0 aliphatic carbocycles. The number of benzene rings is 2. The smallest absolute Gasteiger partial charge is 0.330 e. The van der Waals surface area contributed by atoms with Gasteiger partial charge in [-0.2, -0.15) is 4.31 Å². The van der Waals surface area contributed by atoms with Gasteiger partial charge < -0.3 is 14.2 Å². The van der Waals surface area contributed by atoms with E-state index in [1.165, 1.54) is 52.8 Å². The summed E-state index contributed by atoms with van der Waals surface area (Å²) >= 11 is 0. The Morgan fingerprint density at radius 2 is 1.78 bits per heavy atom. The van der Waals surface area contributed by atoms with Crippen LogP contribution in [0.3, 0.4) is 0 Å². The lowest BCUT2D eigenvalue weighted by molar-refractivity contribution is -0.385. The molecule has 0 N–H and O–H groups in total. The molecule has 0 aromatic heterocycles. The molecule has 170 valence electrons. The zero-order valence-corrected chi connectivity index (χ0v) is 17.9. The number of hydrogen-bond acceptors (Lipinski definition) is 8. The van der Waals surface area contributed by atoms with Crippen molar-refractivity contribution in [2.45, 2.75) is 4.90 Å². The third kappa shape index (κ3) is 6.13. The van der Waals surface area contributed by atoms with E-state index in [1.807, 2.05) is 0 Å². The van der Waals surface area contributed by atoms with Crippen LogP contribution in [0.2, 0.25) is 0 Å². The van der Waals surface area contributed by atoms with Crippen molar-refractivity contribution in [2.75, 3.05) is 39.5 Å². The van der Waals surface area contributed by atoms with Crippen molar-refractivity contribution in [3.05, 3.63) is 70.3 Å². The number of morpholine rings is 1. The van der Waals surface area contributed by atoms with Gasteiger partial charge in [-0.25, -0.2) is 13.2 Å². The standard InChI is InChI=1S/C21H22N2O8S/c24-21(10-5-17-3-1-2-4-20(17)23(25)26)31-16-15-30-18-6-8-19(9-7-18)32(27,28)22-11-13-29-14-12-22/h1-10H,11-16H2/b10-5+. The Balaban J connectivity index is 1.46. The highest BCUT2D eigenvalue weighted by atomic mass is 32.2. The maximum atomic E-state index is 12.6. The molecule has 0 unspecified atom stereocenters. The maximum Gasteiger partial charge on any atom is 0.330 e. The molecule has 1 aliphatic rings. The fraction of sp³-hybridized carbons (Fsp3) is 0.286. The van der Waals surface area contributed by atoms with Gasteiger partial charge in [0.1, 0.15) is 19.0 Å². The first-order chi connectivity index (χ1) is 15.4. The minimum Gasteiger partial charge on any atom is -0.490 e. The van der Waals surface area contributed by atoms with Crippen LogP contribution < -0.4 is 4.74 Å². The van der Waals surface area contributed by atoms with E-state index in [0.717, 1.165) is 6.08 Å². The van der Waals surface area contributed by atoms with Gasteiger partial charge in [0.25, 0.3) is 5.69 Å². The fourth-order valence-electron chi connectivity index (χ4n) is 2.95. The van der Waals surface area contributed by atoms with Gasteiger partial charge in [-0.05, 0) is 36.4 Å². The summed E-state index contributed by atoms with van der Waals surface area (Å²) in [5, 5.41) is 11.0. The monoisotopic (exact) mass is 462 g/mol. The lowest BCUT2D eigenvalue weighted by Gasteiger charge is -2.26. The minimum absolute atomic E-state index is 0.0477. The van der Waals surface area contributed by atoms with Gasteiger partial charge in [0.2, 0.25) is 10.0 Å². The molecule has 1 aliphatic heterocycles. The SMILES string of the molecule is O=C(/C=C/c1ccccc1[N+](=O)[O-])OCCOc1ccc(S(=O)(=O)N2CCOCC2)cc1. The summed E-state index contributed by atoms with van der Waals surface area (Å²) in [6, 6.07) is 12.0. The van der Waals surface area contributed by atoms with Crippen LogP contribution in [-0.4, -0.2) is 63.1 Å². The maximum absolute atomic E-state index is 12.6. The highest BCUT2D eigenvalue weighted by Crippen LogP contribution is 2.21. The van der Waals surface area contributed by atoms with Gasteiger partial charge in [-0.1, -0.05) is 12.1 Å². The van der Waals surface area contributed by atoms with E-state index in [2.05, 4.69) is 0 Å². The van der Waals surface area contributed by atoms with Crippen LogP contribution in [0.15, 0.2) is 59.5 Å². The Bertz CT molecular complexity index is 1080. The quantitative estimate of drug-likeness (QED) is 0.183. The molecule has 0 bridgehead atoms. The molecule has 0 atom stereocenters. The molecule has 1 fully saturated rings. The number of para-hydroxylation sites is 1. The van der Waals surface area contributed by atoms with E-state index in [4.69, 9.17) is 14.2 Å². The average Bonchev–Trinajstić information content (AvgIpc) is 2.81. The third-order valence-corrected chi connectivity index (χ3v) is 6.47. The number of carbonyl (C=O) groups excluding carboxylic acids is 1. The molecule has 11 heteroatoms. The van der Waals surface area contributed by atoms with Gasteiger partial charge in [-0.15, -0.1) is 0 Å². The lowest BCUT2D eigenvalue weighted by Crippen LogP contribution is -2.40. The lowest BCUT2D eigenvalue weighted by atomic mass is 10.1. The molecule has 1 heterocycles. The van der Waals surface area contributed by atoms with Crippen molar-refractivity contribution >= 4 is 27.8 Å². The summed E-state index contributed by atoms with van der Waals surface area (Å²) in [5.41, 5.74) is 0.178. The Morgan fingerprint density at radius 3 is 2.47 bits per heavy atom. The van der Waals surface area contributed by atoms with Crippen LogP contribution in [0.4, 0.5) is 5.69 Å². The molecular weight excluding hydrogens is 440 g/mol. The molecule has 2 aromatic carbocycles. The van der Waals surface area contributed by atoms with E-state index >= 15 is 0 Å². The van der Waals surface area contributed by atoms with Crippen molar-refractivity contribution in [3.63, 3.8) is 0 Å². The minimum atomic E-state index is -3.57. The predicted octanol–water partition coefficient (Wildman–Crippen LogP) is 2.25. The van der Waals surface area contributed by atoms with E-state index in [9.17, 15) is 23.3 Å². The number of carbonyl (C=O) groups is 1. The summed E-state index contributed by atoms with van der Waals surface area (Å²) in [7, 11) is -3.57. The highest BCUT2D eigenvalue weighted by molar-refractivity contribution is 7.89. The van der Waals surface area contributed by atoms with Crippen LogP contribution in [-0.2, 0) is 24.3 Å². The Kier molecular flexibility index (Phi) is 7.92. The number of ether oxygens (including phenoxy) is 3. The molecule has 2 aromatic rings. The van der Waals surface area contributed by atoms with Crippen molar-refractivity contribution in [2.24, 2.45) is 0 Å². The van der Waals surface area contributed by atoms with Gasteiger partial charge in [0.05, 0.1) is 28.6 Å². The van der Waals surface area contributed by atoms with Gasteiger partial charge in [-0.3, -0.25) is 10.1 Å². The first kappa shape index (κ1) is 23.4. The number of sulfonamides is 1. The van der Waals surface area contributed by atoms with Gasteiger partial charge >= 0.3 is 5.97 Å². The summed E-state index contributed by atoms with van der Waals surface area (Å²) in [6.45, 7) is 1.39. The van der Waals surface area contributed by atoms with Crippen LogP contribution in [0, 0.1) is 10.1 Å². The molecule has 1 saturated heterocycles. The third-order valence-electron chi connectivity index (χ3n) is 4.56. The molecule has 3 rings (SSSR count). The molecule has 0 saturated carbocycles. The van der Waals surface area contributed by atoms with Crippen molar-refractivity contribution < 1.29 is 32.3 Å². The molecule has 10 nitrogen and oxygen atoms in total. The summed E-state index contributed by atoms with van der Waals surface area (Å²) < 4.78 is 42.2.